The first kappa shape index (κ1) is 17.3. The lowest BCUT2D eigenvalue weighted by Gasteiger charge is -2.11. The molecule has 1 aliphatic rings. The number of sulfone groups is 1. The normalized spacial score (nSPS) is 18.7. The van der Waals surface area contributed by atoms with Gasteiger partial charge in [0.2, 0.25) is 5.95 Å². The molecule has 1 aromatic carbocycles. The minimum absolute atomic E-state index is 0.0886. The number of benzene rings is 1. The number of aromatic nitrogens is 2. The monoisotopic (exact) mass is 360 g/mol. The van der Waals surface area contributed by atoms with E-state index in [1.54, 1.807) is 0 Å². The second-order valence-electron chi connectivity index (χ2n) is 6.37. The zero-order valence-electron chi connectivity index (χ0n) is 14.1. The van der Waals surface area contributed by atoms with Gasteiger partial charge in [0, 0.05) is 24.1 Å². The van der Waals surface area contributed by atoms with E-state index in [9.17, 15) is 13.2 Å². The molecule has 1 aromatic heterocycles. The number of hydrogen-bond acceptors (Lipinski definition) is 6. The molecule has 1 amide bonds. The van der Waals surface area contributed by atoms with Crippen LogP contribution in [0.2, 0.25) is 0 Å². The summed E-state index contributed by atoms with van der Waals surface area (Å²) in [7, 11) is -2.96. The van der Waals surface area contributed by atoms with E-state index in [4.69, 9.17) is 0 Å². The molecular formula is C17H20N4O3S. The second kappa shape index (κ2) is 6.79. The number of amides is 1. The van der Waals surface area contributed by atoms with Crippen molar-refractivity contribution < 1.29 is 13.2 Å². The number of carbonyl (C=O) groups excluding carboxylic acids is 1. The van der Waals surface area contributed by atoms with E-state index in [0.717, 1.165) is 16.8 Å². The zero-order chi connectivity index (χ0) is 18.0. The van der Waals surface area contributed by atoms with Crippen molar-refractivity contribution in [1.29, 1.82) is 0 Å². The van der Waals surface area contributed by atoms with Crippen LogP contribution in [-0.2, 0) is 9.84 Å². The molecular weight excluding hydrogens is 340 g/mol. The molecule has 0 saturated carbocycles. The summed E-state index contributed by atoms with van der Waals surface area (Å²) >= 11 is 0. The molecule has 0 spiro atoms. The average molecular weight is 360 g/mol. The summed E-state index contributed by atoms with van der Waals surface area (Å²) in [6.45, 7) is 3.94. The van der Waals surface area contributed by atoms with Gasteiger partial charge in [0.05, 0.1) is 17.1 Å². The minimum atomic E-state index is -2.96. The Morgan fingerprint density at radius 1 is 1.12 bits per heavy atom. The van der Waals surface area contributed by atoms with Crippen LogP contribution in [0.5, 0.6) is 0 Å². The Hall–Kier alpha value is -2.48. The summed E-state index contributed by atoms with van der Waals surface area (Å²) in [6.07, 6.45) is 3.40. The van der Waals surface area contributed by atoms with Gasteiger partial charge in [0.15, 0.2) is 9.84 Å². The van der Waals surface area contributed by atoms with Crippen molar-refractivity contribution in [1.82, 2.24) is 9.97 Å². The molecule has 0 radical (unpaired) electrons. The third-order valence-corrected chi connectivity index (χ3v) is 5.73. The van der Waals surface area contributed by atoms with Gasteiger partial charge in [0.25, 0.3) is 5.91 Å². The fourth-order valence-corrected chi connectivity index (χ4v) is 4.53. The fraction of sp³-hybridized carbons (Fsp3) is 0.353. The van der Waals surface area contributed by atoms with Crippen LogP contribution in [-0.4, -0.2) is 41.8 Å². The number of anilines is 2. The number of aryl methyl sites for hydroxylation is 2. The van der Waals surface area contributed by atoms with E-state index in [1.807, 2.05) is 32.0 Å². The van der Waals surface area contributed by atoms with Crippen molar-refractivity contribution in [3.8, 4) is 0 Å². The van der Waals surface area contributed by atoms with Crippen LogP contribution in [0, 0.1) is 13.8 Å². The first-order valence-corrected chi connectivity index (χ1v) is 9.81. The van der Waals surface area contributed by atoms with E-state index in [0.29, 0.717) is 17.9 Å². The lowest BCUT2D eigenvalue weighted by atomic mass is 10.1. The van der Waals surface area contributed by atoms with Crippen molar-refractivity contribution in [3.05, 3.63) is 47.3 Å². The van der Waals surface area contributed by atoms with Gasteiger partial charge in [-0.2, -0.15) is 0 Å². The number of carbonyl (C=O) groups is 1. The Labute approximate surface area is 146 Å². The summed E-state index contributed by atoms with van der Waals surface area (Å²) in [5.74, 6) is 0.303. The Balaban J connectivity index is 1.64. The topological polar surface area (TPSA) is 101 Å². The van der Waals surface area contributed by atoms with E-state index in [-0.39, 0.29) is 23.5 Å². The maximum Gasteiger partial charge on any atom is 0.258 e. The molecule has 1 unspecified atom stereocenters. The molecule has 2 aromatic rings. The fourth-order valence-electron chi connectivity index (χ4n) is 2.86. The maximum atomic E-state index is 12.3. The molecule has 3 rings (SSSR count). The number of nitrogens with zero attached hydrogens (tertiary/aromatic N) is 2. The van der Waals surface area contributed by atoms with Crippen LogP contribution >= 0.6 is 0 Å². The molecule has 7 nitrogen and oxygen atoms in total. The Kier molecular flexibility index (Phi) is 4.71. The Morgan fingerprint density at radius 2 is 1.76 bits per heavy atom. The molecule has 0 aliphatic carbocycles. The lowest BCUT2D eigenvalue weighted by Crippen LogP contribution is -2.22. The van der Waals surface area contributed by atoms with Gasteiger partial charge in [-0.25, -0.2) is 18.4 Å². The molecule has 2 heterocycles. The Bertz CT molecular complexity index is 874. The predicted molar refractivity (Wildman–Crippen MR) is 96.6 cm³/mol. The van der Waals surface area contributed by atoms with E-state index in [2.05, 4.69) is 20.6 Å². The predicted octanol–water partition coefficient (Wildman–Crippen LogP) is 1.94. The summed E-state index contributed by atoms with van der Waals surface area (Å²) in [6, 6.07) is 5.63. The summed E-state index contributed by atoms with van der Waals surface area (Å²) < 4.78 is 22.9. The van der Waals surface area contributed by atoms with Crippen LogP contribution in [0.1, 0.15) is 27.9 Å². The number of nitrogens with one attached hydrogen (secondary N) is 2. The zero-order valence-corrected chi connectivity index (χ0v) is 14.9. The van der Waals surface area contributed by atoms with Gasteiger partial charge < -0.3 is 10.6 Å². The first-order valence-electron chi connectivity index (χ1n) is 7.99. The van der Waals surface area contributed by atoms with E-state index >= 15 is 0 Å². The van der Waals surface area contributed by atoms with Gasteiger partial charge in [-0.3, -0.25) is 4.79 Å². The second-order valence-corrected chi connectivity index (χ2v) is 8.60. The number of hydrogen-bond donors (Lipinski definition) is 2. The van der Waals surface area contributed by atoms with Crippen LogP contribution in [0.15, 0.2) is 30.6 Å². The molecule has 25 heavy (non-hydrogen) atoms. The van der Waals surface area contributed by atoms with Gasteiger partial charge in [0.1, 0.15) is 0 Å². The lowest BCUT2D eigenvalue weighted by molar-refractivity contribution is 0.102. The maximum absolute atomic E-state index is 12.3. The van der Waals surface area contributed by atoms with Gasteiger partial charge in [-0.05, 0) is 43.5 Å². The molecule has 1 fully saturated rings. The van der Waals surface area contributed by atoms with Crippen molar-refractivity contribution in [2.24, 2.45) is 0 Å². The largest absolute Gasteiger partial charge is 0.350 e. The standard InChI is InChI=1S/C17H20N4O3S/c1-11-5-12(2)7-15(6-11)20-16(22)13-8-18-17(19-9-13)21-14-3-4-25(23,24)10-14/h5-9,14H,3-4,10H2,1-2H3,(H,20,22)(H,18,19,21). The van der Waals surface area contributed by atoms with E-state index < -0.39 is 9.84 Å². The molecule has 0 bridgehead atoms. The quantitative estimate of drug-likeness (QED) is 0.864. The summed E-state index contributed by atoms with van der Waals surface area (Å²) in [5, 5.41) is 5.82. The van der Waals surface area contributed by atoms with Crippen molar-refractivity contribution >= 4 is 27.4 Å². The smallest absolute Gasteiger partial charge is 0.258 e. The van der Waals surface area contributed by atoms with Crippen molar-refractivity contribution in [2.75, 3.05) is 22.1 Å². The molecule has 1 saturated heterocycles. The molecule has 132 valence electrons. The first-order chi connectivity index (χ1) is 11.8. The third-order valence-electron chi connectivity index (χ3n) is 3.96. The van der Waals surface area contributed by atoms with Crippen LogP contribution in [0.4, 0.5) is 11.6 Å². The van der Waals surface area contributed by atoms with E-state index in [1.165, 1.54) is 12.4 Å². The van der Waals surface area contributed by atoms with Crippen LogP contribution in [0.3, 0.4) is 0 Å². The summed E-state index contributed by atoms with van der Waals surface area (Å²) in [5.41, 5.74) is 3.19. The summed E-state index contributed by atoms with van der Waals surface area (Å²) in [4.78, 5) is 20.5. The highest BCUT2D eigenvalue weighted by molar-refractivity contribution is 7.91. The van der Waals surface area contributed by atoms with Crippen molar-refractivity contribution in [2.45, 2.75) is 26.3 Å². The highest BCUT2D eigenvalue weighted by atomic mass is 32.2. The Morgan fingerprint density at radius 3 is 2.32 bits per heavy atom. The van der Waals surface area contributed by atoms with Gasteiger partial charge in [-0.15, -0.1) is 0 Å². The number of rotatable bonds is 4. The average Bonchev–Trinajstić information content (AvgIpc) is 2.85. The molecule has 2 N–H and O–H groups in total. The minimum Gasteiger partial charge on any atom is -0.350 e. The van der Waals surface area contributed by atoms with Crippen LogP contribution in [0.25, 0.3) is 0 Å². The highest BCUT2D eigenvalue weighted by Gasteiger charge is 2.28. The van der Waals surface area contributed by atoms with Gasteiger partial charge >= 0.3 is 0 Å². The third kappa shape index (κ3) is 4.54. The van der Waals surface area contributed by atoms with Crippen LogP contribution < -0.4 is 10.6 Å². The molecule has 8 heteroatoms. The van der Waals surface area contributed by atoms with Gasteiger partial charge in [-0.1, -0.05) is 6.07 Å². The molecule has 1 aliphatic heterocycles. The van der Waals surface area contributed by atoms with Crippen molar-refractivity contribution in [3.63, 3.8) is 0 Å². The highest BCUT2D eigenvalue weighted by Crippen LogP contribution is 2.16. The SMILES string of the molecule is Cc1cc(C)cc(NC(=O)c2cnc(NC3CCS(=O)(=O)C3)nc2)c1. The molecule has 1 atom stereocenters.